The van der Waals surface area contributed by atoms with Gasteiger partial charge in [0, 0.05) is 23.2 Å². The minimum atomic E-state index is -0.241. The fraction of sp³-hybridized carbons (Fsp3) is 0.133. The number of benzene rings is 2. The first kappa shape index (κ1) is 15.9. The van der Waals surface area contributed by atoms with Gasteiger partial charge < -0.3 is 16.0 Å². The summed E-state index contributed by atoms with van der Waals surface area (Å²) in [5, 5.41) is 3.29. The van der Waals surface area contributed by atoms with E-state index in [1.165, 1.54) is 0 Å². The van der Waals surface area contributed by atoms with Gasteiger partial charge in [0.05, 0.1) is 22.1 Å². The maximum absolute atomic E-state index is 12.2. The van der Waals surface area contributed by atoms with E-state index in [1.807, 2.05) is 31.1 Å². The van der Waals surface area contributed by atoms with Gasteiger partial charge in [-0.1, -0.05) is 11.6 Å². The third-order valence-corrected chi connectivity index (χ3v) is 3.93. The Hall–Kier alpha value is -1.47. The number of halogens is 2. The normalized spacial score (nSPS) is 10.3. The molecular formula is C15H15ClIN3O. The van der Waals surface area contributed by atoms with Crippen molar-refractivity contribution in [2.75, 3.05) is 30.0 Å². The van der Waals surface area contributed by atoms with Gasteiger partial charge in [0.1, 0.15) is 0 Å². The lowest BCUT2D eigenvalue weighted by Gasteiger charge is -2.16. The number of carbonyl (C=O) groups is 1. The van der Waals surface area contributed by atoms with Crippen LogP contribution >= 0.6 is 34.2 Å². The highest BCUT2D eigenvalue weighted by Gasteiger charge is 2.11. The number of rotatable bonds is 3. The molecule has 2 rings (SSSR count). The summed E-state index contributed by atoms with van der Waals surface area (Å²) in [4.78, 5) is 14.1. The Bertz CT molecular complexity index is 689. The molecule has 0 saturated heterocycles. The van der Waals surface area contributed by atoms with Crippen LogP contribution in [0.5, 0.6) is 0 Å². The van der Waals surface area contributed by atoms with Crippen LogP contribution in [0.25, 0.3) is 0 Å². The fourth-order valence-corrected chi connectivity index (χ4v) is 2.79. The molecule has 0 spiro atoms. The second-order valence-corrected chi connectivity index (χ2v) is 6.40. The number of carbonyl (C=O) groups excluding carboxylic acids is 1. The molecule has 4 nitrogen and oxygen atoms in total. The molecule has 0 saturated carbocycles. The molecule has 0 heterocycles. The molecular weight excluding hydrogens is 401 g/mol. The number of hydrogen-bond donors (Lipinski definition) is 2. The highest BCUT2D eigenvalue weighted by atomic mass is 127. The molecule has 21 heavy (non-hydrogen) atoms. The van der Waals surface area contributed by atoms with E-state index < -0.39 is 0 Å². The van der Waals surface area contributed by atoms with Gasteiger partial charge in [-0.05, 0) is 59.0 Å². The molecule has 2 aromatic carbocycles. The highest BCUT2D eigenvalue weighted by molar-refractivity contribution is 14.1. The molecule has 6 heteroatoms. The zero-order valence-corrected chi connectivity index (χ0v) is 14.6. The Balaban J connectivity index is 2.22. The standard InChI is InChI=1S/C15H15ClIN3O/c1-20(2)14-6-3-9(7-12(14)18)15(21)19-13-5-4-10(17)8-11(13)16/h3-8H,18H2,1-2H3,(H,19,21). The van der Waals surface area contributed by atoms with Crippen molar-refractivity contribution >= 4 is 57.2 Å². The molecule has 0 aliphatic heterocycles. The number of nitrogens with one attached hydrogen (secondary N) is 1. The fourth-order valence-electron chi connectivity index (χ4n) is 1.89. The first-order chi connectivity index (χ1) is 9.88. The largest absolute Gasteiger partial charge is 0.397 e. The third kappa shape index (κ3) is 3.79. The Labute approximate surface area is 142 Å². The summed E-state index contributed by atoms with van der Waals surface area (Å²) in [5.41, 5.74) is 8.46. The van der Waals surface area contributed by atoms with E-state index in [0.29, 0.717) is 22.0 Å². The van der Waals surface area contributed by atoms with Gasteiger partial charge in [0.2, 0.25) is 0 Å². The van der Waals surface area contributed by atoms with Crippen molar-refractivity contribution in [1.82, 2.24) is 0 Å². The summed E-state index contributed by atoms with van der Waals surface area (Å²) in [6.07, 6.45) is 0. The Morgan fingerprint density at radius 3 is 2.52 bits per heavy atom. The third-order valence-electron chi connectivity index (χ3n) is 2.95. The van der Waals surface area contributed by atoms with E-state index >= 15 is 0 Å². The van der Waals surface area contributed by atoms with Gasteiger partial charge >= 0.3 is 0 Å². The average Bonchev–Trinajstić information content (AvgIpc) is 2.41. The molecule has 1 amide bonds. The lowest BCUT2D eigenvalue weighted by atomic mass is 10.1. The Morgan fingerprint density at radius 2 is 1.95 bits per heavy atom. The van der Waals surface area contributed by atoms with E-state index in [-0.39, 0.29) is 5.91 Å². The average molecular weight is 416 g/mol. The van der Waals surface area contributed by atoms with Gasteiger partial charge in [0.25, 0.3) is 5.91 Å². The van der Waals surface area contributed by atoms with E-state index in [1.54, 1.807) is 24.3 Å². The molecule has 0 radical (unpaired) electrons. The Morgan fingerprint density at radius 1 is 1.24 bits per heavy atom. The molecule has 0 unspecified atom stereocenters. The Kier molecular flexibility index (Phi) is 4.95. The number of hydrogen-bond acceptors (Lipinski definition) is 3. The summed E-state index contributed by atoms with van der Waals surface area (Å²) >= 11 is 8.27. The molecule has 0 aliphatic carbocycles. The maximum atomic E-state index is 12.2. The van der Waals surface area contributed by atoms with Gasteiger partial charge in [-0.3, -0.25) is 4.79 Å². The SMILES string of the molecule is CN(C)c1ccc(C(=O)Nc2ccc(I)cc2Cl)cc1N. The monoisotopic (exact) mass is 415 g/mol. The van der Waals surface area contributed by atoms with Crippen LogP contribution in [0.1, 0.15) is 10.4 Å². The van der Waals surface area contributed by atoms with Crippen LogP contribution in [-0.4, -0.2) is 20.0 Å². The van der Waals surface area contributed by atoms with Crippen LogP contribution in [0.3, 0.4) is 0 Å². The van der Waals surface area contributed by atoms with Gasteiger partial charge in [-0.25, -0.2) is 0 Å². The molecule has 2 aromatic rings. The molecule has 0 aliphatic rings. The van der Waals surface area contributed by atoms with Gasteiger partial charge in [-0.2, -0.15) is 0 Å². The van der Waals surface area contributed by atoms with Gasteiger partial charge in [0.15, 0.2) is 0 Å². The van der Waals surface area contributed by atoms with E-state index in [9.17, 15) is 4.79 Å². The number of nitrogens with zero attached hydrogens (tertiary/aromatic N) is 1. The quantitative estimate of drug-likeness (QED) is 0.591. The zero-order valence-electron chi connectivity index (χ0n) is 11.7. The summed E-state index contributed by atoms with van der Waals surface area (Å²) < 4.78 is 1.01. The number of amides is 1. The molecule has 0 atom stereocenters. The van der Waals surface area contributed by atoms with Crippen molar-refractivity contribution in [2.24, 2.45) is 0 Å². The van der Waals surface area contributed by atoms with Crippen molar-refractivity contribution in [3.63, 3.8) is 0 Å². The van der Waals surface area contributed by atoms with E-state index in [4.69, 9.17) is 17.3 Å². The summed E-state index contributed by atoms with van der Waals surface area (Å²) in [6.45, 7) is 0. The predicted molar refractivity (Wildman–Crippen MR) is 97.3 cm³/mol. The van der Waals surface area contributed by atoms with Crippen LogP contribution in [0, 0.1) is 3.57 Å². The maximum Gasteiger partial charge on any atom is 0.255 e. The van der Waals surface area contributed by atoms with Crippen LogP contribution in [0.15, 0.2) is 36.4 Å². The topological polar surface area (TPSA) is 58.4 Å². The smallest absolute Gasteiger partial charge is 0.255 e. The number of nitrogen functional groups attached to an aromatic ring is 1. The molecule has 0 aromatic heterocycles. The molecule has 0 bridgehead atoms. The van der Waals surface area contributed by atoms with E-state index in [2.05, 4.69) is 27.9 Å². The van der Waals surface area contributed by atoms with Crippen molar-refractivity contribution in [3.8, 4) is 0 Å². The summed E-state index contributed by atoms with van der Waals surface area (Å²) in [5.74, 6) is -0.241. The van der Waals surface area contributed by atoms with Crippen LogP contribution < -0.4 is 16.0 Å². The van der Waals surface area contributed by atoms with Gasteiger partial charge in [-0.15, -0.1) is 0 Å². The van der Waals surface area contributed by atoms with E-state index in [0.717, 1.165) is 9.26 Å². The lowest BCUT2D eigenvalue weighted by molar-refractivity contribution is 0.102. The lowest BCUT2D eigenvalue weighted by Crippen LogP contribution is -2.15. The van der Waals surface area contributed by atoms with Crippen LogP contribution in [0.2, 0.25) is 5.02 Å². The molecule has 3 N–H and O–H groups in total. The van der Waals surface area contributed by atoms with Crippen LogP contribution in [-0.2, 0) is 0 Å². The second kappa shape index (κ2) is 6.53. The summed E-state index contributed by atoms with van der Waals surface area (Å²) in [6, 6.07) is 10.7. The highest BCUT2D eigenvalue weighted by Crippen LogP contribution is 2.26. The minimum Gasteiger partial charge on any atom is -0.397 e. The zero-order chi connectivity index (χ0) is 15.6. The predicted octanol–water partition coefficient (Wildman–Crippen LogP) is 3.85. The molecule has 110 valence electrons. The number of nitrogens with two attached hydrogens (primary N) is 1. The first-order valence-electron chi connectivity index (χ1n) is 6.21. The van der Waals surface area contributed by atoms with Crippen molar-refractivity contribution < 1.29 is 4.79 Å². The molecule has 0 fully saturated rings. The second-order valence-electron chi connectivity index (χ2n) is 4.75. The van der Waals surface area contributed by atoms with Crippen molar-refractivity contribution in [3.05, 3.63) is 50.6 Å². The van der Waals surface area contributed by atoms with Crippen molar-refractivity contribution in [1.29, 1.82) is 0 Å². The van der Waals surface area contributed by atoms with Crippen LogP contribution in [0.4, 0.5) is 17.1 Å². The van der Waals surface area contributed by atoms with Crippen molar-refractivity contribution in [2.45, 2.75) is 0 Å². The first-order valence-corrected chi connectivity index (χ1v) is 7.67. The summed E-state index contributed by atoms with van der Waals surface area (Å²) in [7, 11) is 3.80. The number of anilines is 3. The minimum absolute atomic E-state index is 0.241.